The molecular formula is C9H8N2S. The predicted octanol–water partition coefficient (Wildman–Crippen LogP) is 1.78. The van der Waals surface area contributed by atoms with Crippen LogP contribution in [0.25, 0.3) is 0 Å². The normalized spacial score (nSPS) is 24.0. The standard InChI is InChI=1S/C9H8N2S/c1-2-4-7-6(3-1)5-8-9(7)11-12-10-8/h1-3,5,10-11H,4H2. The van der Waals surface area contributed by atoms with Crippen molar-refractivity contribution >= 4 is 12.1 Å². The van der Waals surface area contributed by atoms with E-state index < -0.39 is 0 Å². The second kappa shape index (κ2) is 2.20. The topological polar surface area (TPSA) is 24.1 Å². The molecule has 2 nitrogen and oxygen atoms in total. The molecule has 0 unspecified atom stereocenters. The van der Waals surface area contributed by atoms with Gasteiger partial charge in [-0.2, -0.15) is 0 Å². The van der Waals surface area contributed by atoms with Gasteiger partial charge in [0.05, 0.1) is 23.5 Å². The average Bonchev–Trinajstić information content (AvgIpc) is 2.62. The SMILES string of the molecule is C1=CCC2=C3NSNC3=CC2=C1. The van der Waals surface area contributed by atoms with Crippen LogP contribution in [0.2, 0.25) is 0 Å². The van der Waals surface area contributed by atoms with E-state index in [1.807, 2.05) is 0 Å². The summed E-state index contributed by atoms with van der Waals surface area (Å²) < 4.78 is 6.48. The van der Waals surface area contributed by atoms with Crippen LogP contribution in [-0.4, -0.2) is 0 Å². The number of rotatable bonds is 0. The fourth-order valence-corrected chi connectivity index (χ4v) is 2.33. The van der Waals surface area contributed by atoms with Crippen LogP contribution in [0.5, 0.6) is 0 Å². The van der Waals surface area contributed by atoms with Crippen molar-refractivity contribution in [1.29, 1.82) is 0 Å². The Hall–Kier alpha value is -1.09. The van der Waals surface area contributed by atoms with Crippen molar-refractivity contribution in [3.8, 4) is 0 Å². The van der Waals surface area contributed by atoms with Crippen molar-refractivity contribution < 1.29 is 0 Å². The van der Waals surface area contributed by atoms with Crippen molar-refractivity contribution in [1.82, 2.24) is 9.44 Å². The van der Waals surface area contributed by atoms with Crippen LogP contribution in [0.1, 0.15) is 6.42 Å². The zero-order valence-electron chi connectivity index (χ0n) is 6.42. The summed E-state index contributed by atoms with van der Waals surface area (Å²) in [4.78, 5) is 0. The number of nitrogens with one attached hydrogen (secondary N) is 2. The summed E-state index contributed by atoms with van der Waals surface area (Å²) >= 11 is 1.54. The number of fused-ring (bicyclic) bond motifs is 2. The Balaban J connectivity index is 2.17. The highest BCUT2D eigenvalue weighted by atomic mass is 32.2. The number of hydrogen-bond acceptors (Lipinski definition) is 3. The van der Waals surface area contributed by atoms with Gasteiger partial charge in [-0.05, 0) is 23.6 Å². The largest absolute Gasteiger partial charge is 0.310 e. The van der Waals surface area contributed by atoms with E-state index >= 15 is 0 Å². The summed E-state index contributed by atoms with van der Waals surface area (Å²) in [6.45, 7) is 0. The zero-order chi connectivity index (χ0) is 7.97. The minimum Gasteiger partial charge on any atom is -0.310 e. The van der Waals surface area contributed by atoms with Crippen LogP contribution >= 0.6 is 12.1 Å². The van der Waals surface area contributed by atoms with E-state index in [-0.39, 0.29) is 0 Å². The molecule has 0 bridgehead atoms. The van der Waals surface area contributed by atoms with Crippen molar-refractivity contribution in [3.63, 3.8) is 0 Å². The molecule has 0 spiro atoms. The molecule has 1 heterocycles. The highest BCUT2D eigenvalue weighted by molar-refractivity contribution is 7.96. The van der Waals surface area contributed by atoms with Crippen molar-refractivity contribution in [2.75, 3.05) is 0 Å². The Morgan fingerprint density at radius 1 is 1.33 bits per heavy atom. The lowest BCUT2D eigenvalue weighted by molar-refractivity contribution is 1.14. The van der Waals surface area contributed by atoms with E-state index in [4.69, 9.17) is 0 Å². The summed E-state index contributed by atoms with van der Waals surface area (Å²) in [6.07, 6.45) is 9.71. The van der Waals surface area contributed by atoms with Crippen LogP contribution in [0.3, 0.4) is 0 Å². The Bertz CT molecular complexity index is 361. The molecule has 3 aliphatic rings. The first-order chi connectivity index (χ1) is 5.95. The van der Waals surface area contributed by atoms with Gasteiger partial charge in [0.1, 0.15) is 0 Å². The fourth-order valence-electron chi connectivity index (χ4n) is 1.68. The summed E-state index contributed by atoms with van der Waals surface area (Å²) in [5.41, 5.74) is 5.27. The van der Waals surface area contributed by atoms with Gasteiger partial charge in [-0.25, -0.2) is 0 Å². The Morgan fingerprint density at radius 2 is 2.33 bits per heavy atom. The van der Waals surface area contributed by atoms with E-state index in [0.717, 1.165) is 6.42 Å². The molecule has 12 heavy (non-hydrogen) atoms. The smallest absolute Gasteiger partial charge is 0.0739 e. The van der Waals surface area contributed by atoms with E-state index in [0.29, 0.717) is 0 Å². The summed E-state index contributed by atoms with van der Waals surface area (Å²) in [6, 6.07) is 0. The number of hydrogen-bond donors (Lipinski definition) is 2. The zero-order valence-corrected chi connectivity index (χ0v) is 7.24. The van der Waals surface area contributed by atoms with Gasteiger partial charge < -0.3 is 9.44 Å². The van der Waals surface area contributed by atoms with Gasteiger partial charge in [-0.1, -0.05) is 18.2 Å². The Morgan fingerprint density at radius 3 is 3.33 bits per heavy atom. The molecule has 1 fully saturated rings. The van der Waals surface area contributed by atoms with E-state index in [2.05, 4.69) is 33.7 Å². The van der Waals surface area contributed by atoms with E-state index in [9.17, 15) is 0 Å². The molecule has 60 valence electrons. The molecule has 0 atom stereocenters. The van der Waals surface area contributed by atoms with Crippen LogP contribution in [0, 0.1) is 0 Å². The minimum atomic E-state index is 1.05. The number of allylic oxidation sites excluding steroid dienone is 6. The van der Waals surface area contributed by atoms with Gasteiger partial charge in [0.25, 0.3) is 0 Å². The lowest BCUT2D eigenvalue weighted by Crippen LogP contribution is -1.99. The average molecular weight is 176 g/mol. The Kier molecular flexibility index (Phi) is 1.18. The van der Waals surface area contributed by atoms with Gasteiger partial charge >= 0.3 is 0 Å². The minimum absolute atomic E-state index is 1.05. The molecule has 3 heteroatoms. The second-order valence-corrected chi connectivity index (χ2v) is 3.58. The third-order valence-electron chi connectivity index (χ3n) is 2.27. The van der Waals surface area contributed by atoms with Gasteiger partial charge in [0.15, 0.2) is 0 Å². The van der Waals surface area contributed by atoms with E-state index in [1.165, 1.54) is 22.5 Å². The maximum atomic E-state index is 3.26. The molecule has 1 aliphatic heterocycles. The van der Waals surface area contributed by atoms with Gasteiger partial charge in [0.2, 0.25) is 0 Å². The molecule has 1 saturated heterocycles. The first-order valence-electron chi connectivity index (χ1n) is 3.95. The molecule has 0 radical (unpaired) electrons. The predicted molar refractivity (Wildman–Crippen MR) is 50.8 cm³/mol. The first-order valence-corrected chi connectivity index (χ1v) is 4.77. The van der Waals surface area contributed by atoms with Gasteiger partial charge in [-0.3, -0.25) is 0 Å². The van der Waals surface area contributed by atoms with Gasteiger partial charge in [0, 0.05) is 0 Å². The highest BCUT2D eigenvalue weighted by Gasteiger charge is 2.25. The summed E-state index contributed by atoms with van der Waals surface area (Å²) in [5.74, 6) is 0. The van der Waals surface area contributed by atoms with Crippen LogP contribution in [0.15, 0.2) is 46.8 Å². The Labute approximate surface area is 75.4 Å². The molecule has 0 saturated carbocycles. The molecule has 0 amide bonds. The van der Waals surface area contributed by atoms with Gasteiger partial charge in [-0.15, -0.1) is 0 Å². The van der Waals surface area contributed by atoms with Crippen molar-refractivity contribution in [2.45, 2.75) is 6.42 Å². The summed E-state index contributed by atoms with van der Waals surface area (Å²) in [5, 5.41) is 0. The van der Waals surface area contributed by atoms with Crippen molar-refractivity contribution in [3.05, 3.63) is 46.8 Å². The molecular weight excluding hydrogens is 168 g/mol. The fraction of sp³-hybridized carbons (Fsp3) is 0.111. The van der Waals surface area contributed by atoms with Crippen LogP contribution in [0.4, 0.5) is 0 Å². The molecule has 0 aromatic carbocycles. The third-order valence-corrected chi connectivity index (χ3v) is 2.90. The lowest BCUT2D eigenvalue weighted by atomic mass is 10.0. The molecule has 0 aromatic heterocycles. The van der Waals surface area contributed by atoms with Crippen molar-refractivity contribution in [2.24, 2.45) is 0 Å². The maximum absolute atomic E-state index is 3.26. The van der Waals surface area contributed by atoms with Crippen LogP contribution in [-0.2, 0) is 0 Å². The molecule has 2 aliphatic carbocycles. The lowest BCUT2D eigenvalue weighted by Gasteiger charge is -2.06. The molecule has 3 rings (SSSR count). The monoisotopic (exact) mass is 176 g/mol. The molecule has 2 N–H and O–H groups in total. The maximum Gasteiger partial charge on any atom is 0.0739 e. The molecule has 0 aromatic rings. The first kappa shape index (κ1) is 6.43. The second-order valence-electron chi connectivity index (χ2n) is 2.97. The highest BCUT2D eigenvalue weighted by Crippen LogP contribution is 2.36. The third kappa shape index (κ3) is 0.716. The quantitative estimate of drug-likeness (QED) is 0.550. The summed E-state index contributed by atoms with van der Waals surface area (Å²) in [7, 11) is 0. The van der Waals surface area contributed by atoms with E-state index in [1.54, 1.807) is 12.1 Å². The van der Waals surface area contributed by atoms with Crippen LogP contribution < -0.4 is 9.44 Å².